The summed E-state index contributed by atoms with van der Waals surface area (Å²) in [7, 11) is 0. The number of hydrogen-bond acceptors (Lipinski definition) is 7. The lowest BCUT2D eigenvalue weighted by Crippen LogP contribution is -2.57. The minimum Gasteiger partial charge on any atom is -0.480 e. The van der Waals surface area contributed by atoms with Gasteiger partial charge in [0.15, 0.2) is 0 Å². The van der Waals surface area contributed by atoms with Gasteiger partial charge in [-0.25, -0.2) is 9.78 Å². The summed E-state index contributed by atoms with van der Waals surface area (Å²) in [5, 5.41) is 17.1. The first-order chi connectivity index (χ1) is 16.7. The quantitative estimate of drug-likeness (QED) is 0.205. The minimum atomic E-state index is -1.16. The highest BCUT2D eigenvalue weighted by molar-refractivity contribution is 7.98. The average Bonchev–Trinajstić information content (AvgIpc) is 3.34. The molecule has 0 saturated carbocycles. The summed E-state index contributed by atoms with van der Waals surface area (Å²) in [5.74, 6) is -2.39. The van der Waals surface area contributed by atoms with Crippen molar-refractivity contribution in [3.8, 4) is 0 Å². The number of carbonyl (C=O) groups excluding carboxylic acids is 3. The Morgan fingerprint density at radius 3 is 2.31 bits per heavy atom. The Hall–Kier alpha value is -3.38. The number of imidazole rings is 1. The van der Waals surface area contributed by atoms with Gasteiger partial charge in [0.25, 0.3) is 0 Å². The SMILES string of the molecule is CSCCC(NC(=O)C(Cc1cnc[nH]1)NC(=O)C(C)NC(=O)C(N)Cc1ccccc1)C(=O)O. The van der Waals surface area contributed by atoms with Gasteiger partial charge in [0, 0.05) is 18.3 Å². The summed E-state index contributed by atoms with van der Waals surface area (Å²) in [6, 6.07) is 5.24. The van der Waals surface area contributed by atoms with Crippen molar-refractivity contribution < 1.29 is 24.3 Å². The summed E-state index contributed by atoms with van der Waals surface area (Å²) >= 11 is 1.46. The smallest absolute Gasteiger partial charge is 0.326 e. The molecule has 1 aromatic heterocycles. The highest BCUT2D eigenvalue weighted by atomic mass is 32.2. The van der Waals surface area contributed by atoms with Gasteiger partial charge in [-0.3, -0.25) is 14.4 Å². The van der Waals surface area contributed by atoms with E-state index in [9.17, 15) is 24.3 Å². The molecule has 4 atom stereocenters. The summed E-state index contributed by atoms with van der Waals surface area (Å²) in [5.41, 5.74) is 7.44. The number of nitrogens with zero attached hydrogens (tertiary/aromatic N) is 1. The molecule has 0 spiro atoms. The van der Waals surface area contributed by atoms with E-state index in [0.29, 0.717) is 17.9 Å². The Labute approximate surface area is 208 Å². The number of aliphatic carboxylic acids is 1. The zero-order valence-electron chi connectivity index (χ0n) is 19.7. The lowest BCUT2D eigenvalue weighted by atomic mass is 10.1. The molecule has 190 valence electrons. The van der Waals surface area contributed by atoms with E-state index in [1.165, 1.54) is 31.2 Å². The molecule has 1 heterocycles. The van der Waals surface area contributed by atoms with Gasteiger partial charge in [-0.2, -0.15) is 11.8 Å². The molecule has 0 aliphatic carbocycles. The van der Waals surface area contributed by atoms with Gasteiger partial charge in [0.05, 0.1) is 12.4 Å². The fourth-order valence-electron chi connectivity index (χ4n) is 3.23. The van der Waals surface area contributed by atoms with Crippen LogP contribution in [-0.2, 0) is 32.0 Å². The number of aromatic nitrogens is 2. The van der Waals surface area contributed by atoms with Gasteiger partial charge in [-0.05, 0) is 37.3 Å². The molecule has 0 saturated heterocycles. The maximum absolute atomic E-state index is 12.9. The van der Waals surface area contributed by atoms with E-state index in [4.69, 9.17) is 5.73 Å². The van der Waals surface area contributed by atoms with Crippen LogP contribution in [0.3, 0.4) is 0 Å². The average molecular weight is 505 g/mol. The van der Waals surface area contributed by atoms with E-state index in [1.807, 2.05) is 36.6 Å². The fourth-order valence-corrected chi connectivity index (χ4v) is 3.71. The number of amides is 3. The first-order valence-electron chi connectivity index (χ1n) is 11.1. The van der Waals surface area contributed by atoms with Crippen LogP contribution in [0, 0.1) is 0 Å². The standard InChI is InChI=1S/C23H32N6O5S/c1-14(27-21(31)17(24)10-15-6-4-3-5-7-15)20(30)29-19(11-16-12-25-13-26-16)22(32)28-18(23(33)34)8-9-35-2/h3-7,12-14,17-19H,8-11,24H2,1-2H3,(H,25,26)(H,27,31)(H,28,32)(H,29,30)(H,33,34). The zero-order valence-corrected chi connectivity index (χ0v) is 20.5. The molecule has 1 aromatic carbocycles. The van der Waals surface area contributed by atoms with Gasteiger partial charge < -0.3 is 31.8 Å². The number of hydrogen-bond donors (Lipinski definition) is 6. The maximum atomic E-state index is 12.9. The number of carboxylic acids is 1. The third-order valence-electron chi connectivity index (χ3n) is 5.22. The predicted molar refractivity (Wildman–Crippen MR) is 133 cm³/mol. The van der Waals surface area contributed by atoms with Crippen molar-refractivity contribution in [1.29, 1.82) is 0 Å². The number of nitrogens with one attached hydrogen (secondary N) is 4. The molecule has 2 rings (SSSR count). The highest BCUT2D eigenvalue weighted by Gasteiger charge is 2.29. The second-order valence-electron chi connectivity index (χ2n) is 8.05. The first-order valence-corrected chi connectivity index (χ1v) is 12.5. The molecule has 3 amide bonds. The van der Waals surface area contributed by atoms with Crippen molar-refractivity contribution >= 4 is 35.5 Å². The Kier molecular flexibility index (Phi) is 11.2. The number of H-pyrrole nitrogens is 1. The molecule has 12 heteroatoms. The van der Waals surface area contributed by atoms with Gasteiger partial charge in [-0.15, -0.1) is 0 Å². The van der Waals surface area contributed by atoms with Crippen LogP contribution in [-0.4, -0.2) is 74.9 Å². The Balaban J connectivity index is 2.01. The van der Waals surface area contributed by atoms with Crippen molar-refractivity contribution in [3.63, 3.8) is 0 Å². The van der Waals surface area contributed by atoms with Crippen molar-refractivity contribution in [2.45, 2.75) is 50.4 Å². The Bertz CT molecular complexity index is 972. The van der Waals surface area contributed by atoms with Crippen LogP contribution >= 0.6 is 11.8 Å². The number of aromatic amines is 1. The van der Waals surface area contributed by atoms with Crippen LogP contribution < -0.4 is 21.7 Å². The minimum absolute atomic E-state index is 0.0562. The lowest BCUT2D eigenvalue weighted by Gasteiger charge is -2.23. The molecule has 0 radical (unpaired) electrons. The molecule has 4 unspecified atom stereocenters. The molecule has 0 aliphatic rings. The lowest BCUT2D eigenvalue weighted by molar-refractivity contribution is -0.142. The third kappa shape index (κ3) is 9.41. The largest absolute Gasteiger partial charge is 0.480 e. The normalized spacial score (nSPS) is 14.3. The van der Waals surface area contributed by atoms with Crippen LogP contribution in [0.4, 0.5) is 0 Å². The van der Waals surface area contributed by atoms with E-state index in [0.717, 1.165) is 5.56 Å². The molecule has 0 bridgehead atoms. The van der Waals surface area contributed by atoms with Crippen molar-refractivity contribution in [2.24, 2.45) is 5.73 Å². The first kappa shape index (κ1) is 27.9. The van der Waals surface area contributed by atoms with E-state index in [-0.39, 0.29) is 12.8 Å². The second kappa shape index (κ2) is 14.1. The van der Waals surface area contributed by atoms with Crippen LogP contribution in [0.15, 0.2) is 42.9 Å². The molecular weight excluding hydrogens is 472 g/mol. The molecule has 2 aromatic rings. The maximum Gasteiger partial charge on any atom is 0.326 e. The number of carboxylic acid groups (broad SMARTS) is 1. The topological polar surface area (TPSA) is 179 Å². The van der Waals surface area contributed by atoms with Crippen LogP contribution in [0.5, 0.6) is 0 Å². The number of nitrogens with two attached hydrogens (primary N) is 1. The van der Waals surface area contributed by atoms with Crippen molar-refractivity contribution in [2.75, 3.05) is 12.0 Å². The second-order valence-corrected chi connectivity index (χ2v) is 9.04. The molecule has 0 aliphatic heterocycles. The van der Waals surface area contributed by atoms with Crippen LogP contribution in [0.1, 0.15) is 24.6 Å². The van der Waals surface area contributed by atoms with E-state index >= 15 is 0 Å². The third-order valence-corrected chi connectivity index (χ3v) is 5.87. The summed E-state index contributed by atoms with van der Waals surface area (Å²) < 4.78 is 0. The van der Waals surface area contributed by atoms with Crippen LogP contribution in [0.25, 0.3) is 0 Å². The number of carbonyl (C=O) groups is 4. The predicted octanol–water partition coefficient (Wildman–Crippen LogP) is -0.166. The summed E-state index contributed by atoms with van der Waals surface area (Å²) in [6.07, 6.45) is 5.37. The number of thioether (sulfide) groups is 1. The summed E-state index contributed by atoms with van der Waals surface area (Å²) in [6.45, 7) is 1.48. The number of benzene rings is 1. The number of rotatable bonds is 14. The van der Waals surface area contributed by atoms with Crippen molar-refractivity contribution in [1.82, 2.24) is 25.9 Å². The van der Waals surface area contributed by atoms with E-state index in [2.05, 4.69) is 25.9 Å². The Morgan fingerprint density at radius 1 is 1.03 bits per heavy atom. The molecule has 11 nitrogen and oxygen atoms in total. The van der Waals surface area contributed by atoms with Gasteiger partial charge in [0.2, 0.25) is 17.7 Å². The molecule has 0 fully saturated rings. The Morgan fingerprint density at radius 2 is 1.71 bits per heavy atom. The fraction of sp³-hybridized carbons (Fsp3) is 0.435. The van der Waals surface area contributed by atoms with Gasteiger partial charge >= 0.3 is 5.97 Å². The zero-order chi connectivity index (χ0) is 25.8. The summed E-state index contributed by atoms with van der Waals surface area (Å²) in [4.78, 5) is 56.5. The van der Waals surface area contributed by atoms with E-state index < -0.39 is 47.9 Å². The van der Waals surface area contributed by atoms with Gasteiger partial charge in [-0.1, -0.05) is 30.3 Å². The highest BCUT2D eigenvalue weighted by Crippen LogP contribution is 2.05. The van der Waals surface area contributed by atoms with E-state index in [1.54, 1.807) is 0 Å². The monoisotopic (exact) mass is 504 g/mol. The molecule has 7 N–H and O–H groups in total. The molecule has 35 heavy (non-hydrogen) atoms. The van der Waals surface area contributed by atoms with Crippen molar-refractivity contribution in [3.05, 3.63) is 54.1 Å². The molecular formula is C23H32N6O5S. The van der Waals surface area contributed by atoms with Gasteiger partial charge in [0.1, 0.15) is 18.1 Å². The van der Waals surface area contributed by atoms with Crippen LogP contribution in [0.2, 0.25) is 0 Å².